The second-order valence-corrected chi connectivity index (χ2v) is 17.8. The van der Waals surface area contributed by atoms with Crippen molar-refractivity contribution in [3.8, 4) is 0 Å². The molecular weight excluding hydrogens is 829 g/mol. The van der Waals surface area contributed by atoms with Crippen LogP contribution < -0.4 is 0 Å². The van der Waals surface area contributed by atoms with E-state index in [2.05, 4.69) is 130 Å². The van der Waals surface area contributed by atoms with Crippen LogP contribution in [0.4, 0.5) is 0 Å². The van der Waals surface area contributed by atoms with Crippen LogP contribution in [0.25, 0.3) is 0 Å². The van der Waals surface area contributed by atoms with Crippen LogP contribution in [0.1, 0.15) is 239 Å². The molecule has 67 heavy (non-hydrogen) atoms. The van der Waals surface area contributed by atoms with Gasteiger partial charge in [-0.2, -0.15) is 0 Å². The first-order valence-corrected chi connectivity index (χ1v) is 27.4. The molecule has 6 nitrogen and oxygen atoms in total. The number of unbranched alkanes of at least 4 members (excludes halogenated alkanes) is 19. The highest BCUT2D eigenvalue weighted by atomic mass is 16.6. The number of carbonyl (C=O) groups excluding carboxylic acids is 3. The summed E-state index contributed by atoms with van der Waals surface area (Å²) in [6, 6.07) is 0. The summed E-state index contributed by atoms with van der Waals surface area (Å²) in [6.45, 7) is 6.46. The fourth-order valence-corrected chi connectivity index (χ4v) is 7.06. The minimum Gasteiger partial charge on any atom is -0.462 e. The van der Waals surface area contributed by atoms with Crippen LogP contribution in [-0.2, 0) is 28.6 Å². The van der Waals surface area contributed by atoms with Crippen molar-refractivity contribution in [2.75, 3.05) is 13.2 Å². The Morgan fingerprint density at radius 3 is 0.925 bits per heavy atom. The summed E-state index contributed by atoms with van der Waals surface area (Å²) in [4.78, 5) is 38.1. The zero-order chi connectivity index (χ0) is 48.6. The van der Waals surface area contributed by atoms with E-state index in [4.69, 9.17) is 14.2 Å². The number of hydrogen-bond acceptors (Lipinski definition) is 6. The van der Waals surface area contributed by atoms with Gasteiger partial charge in [-0.3, -0.25) is 14.4 Å². The number of hydrogen-bond donors (Lipinski definition) is 0. The van der Waals surface area contributed by atoms with Crippen LogP contribution in [-0.4, -0.2) is 37.2 Å². The van der Waals surface area contributed by atoms with Crippen molar-refractivity contribution in [3.05, 3.63) is 109 Å². The molecule has 0 bridgehead atoms. The zero-order valence-corrected chi connectivity index (χ0v) is 43.4. The molecule has 0 aromatic carbocycles. The van der Waals surface area contributed by atoms with E-state index in [0.29, 0.717) is 19.3 Å². The Hall–Kier alpha value is -3.93. The normalized spacial score (nSPS) is 12.9. The second kappa shape index (κ2) is 54.7. The largest absolute Gasteiger partial charge is 0.462 e. The molecule has 0 aromatic rings. The maximum absolute atomic E-state index is 12.8. The Labute approximate surface area is 412 Å². The molecule has 1 atom stereocenters. The number of esters is 3. The molecule has 0 heterocycles. The van der Waals surface area contributed by atoms with Crippen molar-refractivity contribution in [2.24, 2.45) is 0 Å². The lowest BCUT2D eigenvalue weighted by molar-refractivity contribution is -0.167. The Morgan fingerprint density at radius 1 is 0.299 bits per heavy atom. The molecule has 0 amide bonds. The van der Waals surface area contributed by atoms with Crippen LogP contribution in [0.2, 0.25) is 0 Å². The van der Waals surface area contributed by atoms with E-state index >= 15 is 0 Å². The Morgan fingerprint density at radius 2 is 0.552 bits per heavy atom. The molecule has 0 aliphatic heterocycles. The van der Waals surface area contributed by atoms with E-state index in [1.807, 2.05) is 0 Å². The van der Waals surface area contributed by atoms with E-state index < -0.39 is 6.10 Å². The van der Waals surface area contributed by atoms with Crippen molar-refractivity contribution < 1.29 is 28.6 Å². The molecule has 0 aliphatic carbocycles. The third-order valence-corrected chi connectivity index (χ3v) is 11.2. The molecule has 0 fully saturated rings. The van der Waals surface area contributed by atoms with E-state index in [0.717, 1.165) is 89.9 Å². The zero-order valence-electron chi connectivity index (χ0n) is 43.4. The Balaban J connectivity index is 4.56. The van der Waals surface area contributed by atoms with Gasteiger partial charge < -0.3 is 14.2 Å². The number of allylic oxidation sites excluding steroid dienone is 18. The van der Waals surface area contributed by atoms with Gasteiger partial charge in [0.2, 0.25) is 0 Å². The summed E-state index contributed by atoms with van der Waals surface area (Å²) in [5.41, 5.74) is 0. The SMILES string of the molecule is CCCCC/C=C\C/C=C\C/C=C\C/C=C\CCCC(=O)OC[C@H](COC(=O)CCCC/C=C\C/C=C\C/C=C\CCCCC)OC(=O)CCCCCCCCC/C=C\C/C=C\CCCCC. The quantitative estimate of drug-likeness (QED) is 0.0262. The number of rotatable bonds is 48. The van der Waals surface area contributed by atoms with Gasteiger partial charge >= 0.3 is 17.9 Å². The van der Waals surface area contributed by atoms with Crippen molar-refractivity contribution >= 4 is 17.9 Å². The Kier molecular flexibility index (Phi) is 51.5. The first-order chi connectivity index (χ1) is 33.0. The molecule has 380 valence electrons. The van der Waals surface area contributed by atoms with Crippen molar-refractivity contribution in [1.82, 2.24) is 0 Å². The number of carbonyl (C=O) groups is 3. The minimum absolute atomic E-state index is 0.120. The van der Waals surface area contributed by atoms with Gasteiger partial charge in [-0.15, -0.1) is 0 Å². The van der Waals surface area contributed by atoms with Gasteiger partial charge in [0.15, 0.2) is 6.10 Å². The third-order valence-electron chi connectivity index (χ3n) is 11.2. The average Bonchev–Trinajstić information content (AvgIpc) is 3.33. The maximum atomic E-state index is 12.8. The topological polar surface area (TPSA) is 78.9 Å². The molecule has 6 heteroatoms. The van der Waals surface area contributed by atoms with E-state index in [1.165, 1.54) is 103 Å². The van der Waals surface area contributed by atoms with Crippen LogP contribution in [0.5, 0.6) is 0 Å². The molecule has 0 unspecified atom stereocenters. The molecule has 0 saturated carbocycles. The summed E-state index contributed by atoms with van der Waals surface area (Å²) in [7, 11) is 0. The van der Waals surface area contributed by atoms with Gasteiger partial charge in [0.05, 0.1) is 0 Å². The predicted molar refractivity (Wildman–Crippen MR) is 288 cm³/mol. The number of ether oxygens (including phenoxy) is 3. The van der Waals surface area contributed by atoms with Gasteiger partial charge in [-0.25, -0.2) is 0 Å². The second-order valence-electron chi connectivity index (χ2n) is 17.8. The van der Waals surface area contributed by atoms with Crippen LogP contribution in [0.3, 0.4) is 0 Å². The van der Waals surface area contributed by atoms with E-state index in [9.17, 15) is 14.4 Å². The van der Waals surface area contributed by atoms with Crippen molar-refractivity contribution in [3.63, 3.8) is 0 Å². The highest BCUT2D eigenvalue weighted by Gasteiger charge is 2.19. The van der Waals surface area contributed by atoms with E-state index in [-0.39, 0.29) is 37.5 Å². The van der Waals surface area contributed by atoms with Crippen molar-refractivity contribution in [2.45, 2.75) is 245 Å². The monoisotopic (exact) mass is 929 g/mol. The highest BCUT2D eigenvalue weighted by Crippen LogP contribution is 2.13. The highest BCUT2D eigenvalue weighted by molar-refractivity contribution is 5.71. The predicted octanol–water partition coefficient (Wildman–Crippen LogP) is 18.3. The Bertz CT molecular complexity index is 1390. The summed E-state index contributed by atoms with van der Waals surface area (Å²) in [6.07, 6.45) is 73.6. The molecule has 0 aliphatic rings. The minimum atomic E-state index is -0.822. The smallest absolute Gasteiger partial charge is 0.306 e. The molecule has 0 spiro atoms. The standard InChI is InChI=1S/C61H100O6/c1-4-7-10-13-16-19-22-25-28-30-33-36-39-42-45-48-51-54-60(63)66-57-58(56-65-59(62)53-50-47-44-41-38-35-32-27-24-21-18-15-12-9-6-3)67-61(64)55-52-49-46-43-40-37-34-31-29-26-23-20-17-14-11-8-5-2/h16-21,25-29,32-33,36,38,41-42,45,58H,4-15,22-24,30-31,34-35,37,39-40,43-44,46-57H2,1-3H3/b19-16-,20-17-,21-18-,28-25-,29-26-,32-27-,36-33-,41-38-,45-42-/t58-/m0/s1. The van der Waals surface area contributed by atoms with Crippen LogP contribution >= 0.6 is 0 Å². The molecule has 0 saturated heterocycles. The maximum Gasteiger partial charge on any atom is 0.306 e. The lowest BCUT2D eigenvalue weighted by Gasteiger charge is -2.18. The first-order valence-electron chi connectivity index (χ1n) is 27.4. The molecule has 0 N–H and O–H groups in total. The lowest BCUT2D eigenvalue weighted by atomic mass is 10.1. The molecule has 0 aromatic heterocycles. The fraction of sp³-hybridized carbons (Fsp3) is 0.656. The summed E-state index contributed by atoms with van der Waals surface area (Å²) >= 11 is 0. The van der Waals surface area contributed by atoms with Gasteiger partial charge in [0.25, 0.3) is 0 Å². The third kappa shape index (κ3) is 52.9. The van der Waals surface area contributed by atoms with Crippen LogP contribution in [0.15, 0.2) is 109 Å². The lowest BCUT2D eigenvalue weighted by Crippen LogP contribution is -2.30. The average molecular weight is 929 g/mol. The fourth-order valence-electron chi connectivity index (χ4n) is 7.06. The summed E-state index contributed by atoms with van der Waals surface area (Å²) in [5.74, 6) is -1.02. The van der Waals surface area contributed by atoms with Gasteiger partial charge in [0, 0.05) is 19.3 Å². The molecular formula is C61H100O6. The van der Waals surface area contributed by atoms with Gasteiger partial charge in [-0.05, 0) is 128 Å². The van der Waals surface area contributed by atoms with Gasteiger partial charge in [-0.1, -0.05) is 201 Å². The van der Waals surface area contributed by atoms with Crippen molar-refractivity contribution in [1.29, 1.82) is 0 Å². The molecule has 0 rings (SSSR count). The van der Waals surface area contributed by atoms with Crippen LogP contribution in [0, 0.1) is 0 Å². The summed E-state index contributed by atoms with van der Waals surface area (Å²) < 4.78 is 16.7. The van der Waals surface area contributed by atoms with E-state index in [1.54, 1.807) is 0 Å². The summed E-state index contributed by atoms with van der Waals surface area (Å²) in [5, 5.41) is 0. The van der Waals surface area contributed by atoms with Gasteiger partial charge in [0.1, 0.15) is 13.2 Å². The first kappa shape index (κ1) is 63.1. The molecule has 0 radical (unpaired) electrons.